The maximum atomic E-state index is 12.7. The average molecular weight is 336 g/mol. The number of carbonyl (C=O) groups is 1. The van der Waals surface area contributed by atoms with Gasteiger partial charge in [-0.25, -0.2) is 0 Å². The molecular formula is C13H13BrF3NO. The van der Waals surface area contributed by atoms with E-state index in [1.54, 1.807) is 0 Å². The lowest BCUT2D eigenvalue weighted by Crippen LogP contribution is -2.43. The molecule has 1 saturated carbocycles. The van der Waals surface area contributed by atoms with Crippen molar-refractivity contribution in [2.75, 3.05) is 0 Å². The largest absolute Gasteiger partial charge is 0.417 e. The van der Waals surface area contributed by atoms with Crippen LogP contribution in [0.2, 0.25) is 0 Å². The van der Waals surface area contributed by atoms with Gasteiger partial charge in [0.05, 0.1) is 5.56 Å². The van der Waals surface area contributed by atoms with Crippen LogP contribution in [0.1, 0.15) is 35.7 Å². The number of rotatable bonds is 2. The fourth-order valence-corrected chi connectivity index (χ4v) is 2.64. The van der Waals surface area contributed by atoms with E-state index in [1.165, 1.54) is 12.1 Å². The first-order valence-corrected chi connectivity index (χ1v) is 6.74. The van der Waals surface area contributed by atoms with E-state index in [2.05, 4.69) is 28.2 Å². The zero-order chi connectivity index (χ0) is 14.2. The molecule has 2 nitrogen and oxygen atoms in total. The van der Waals surface area contributed by atoms with Crippen molar-refractivity contribution in [3.8, 4) is 0 Å². The Labute approximate surface area is 117 Å². The Morgan fingerprint density at radius 1 is 1.37 bits per heavy atom. The van der Waals surface area contributed by atoms with Gasteiger partial charge in [-0.2, -0.15) is 13.2 Å². The highest BCUT2D eigenvalue weighted by molar-refractivity contribution is 9.10. The van der Waals surface area contributed by atoms with Gasteiger partial charge in [0.15, 0.2) is 0 Å². The molecular weight excluding hydrogens is 323 g/mol. The molecule has 0 radical (unpaired) electrons. The van der Waals surface area contributed by atoms with E-state index in [1.807, 2.05) is 0 Å². The Hall–Kier alpha value is -1.04. The molecule has 0 unspecified atom stereocenters. The van der Waals surface area contributed by atoms with Gasteiger partial charge in [-0.3, -0.25) is 4.79 Å². The van der Waals surface area contributed by atoms with E-state index in [0.717, 1.165) is 18.9 Å². The highest BCUT2D eigenvalue weighted by Gasteiger charge is 2.34. The molecule has 1 aliphatic rings. The fourth-order valence-electron chi connectivity index (χ4n) is 2.17. The van der Waals surface area contributed by atoms with Crippen molar-refractivity contribution in [3.05, 3.63) is 33.8 Å². The maximum absolute atomic E-state index is 12.7. The second-order valence-corrected chi connectivity index (χ2v) is 5.79. The van der Waals surface area contributed by atoms with Crippen LogP contribution >= 0.6 is 15.9 Å². The molecule has 0 heterocycles. The quantitative estimate of drug-likeness (QED) is 0.869. The second-order valence-electron chi connectivity index (χ2n) is 4.94. The van der Waals surface area contributed by atoms with Gasteiger partial charge in [-0.1, -0.05) is 22.9 Å². The van der Waals surface area contributed by atoms with Gasteiger partial charge in [0.25, 0.3) is 5.91 Å². The highest BCUT2D eigenvalue weighted by atomic mass is 79.9. The summed E-state index contributed by atoms with van der Waals surface area (Å²) in [6.07, 6.45) is -2.71. The molecule has 19 heavy (non-hydrogen) atoms. The third-order valence-electron chi connectivity index (χ3n) is 3.24. The van der Waals surface area contributed by atoms with Gasteiger partial charge in [0, 0.05) is 16.1 Å². The van der Waals surface area contributed by atoms with Crippen molar-refractivity contribution in [1.29, 1.82) is 0 Å². The average Bonchev–Trinajstić information content (AvgIpc) is 2.25. The van der Waals surface area contributed by atoms with Gasteiger partial charge in [0.1, 0.15) is 0 Å². The number of benzene rings is 1. The minimum Gasteiger partial charge on any atom is -0.349 e. The first kappa shape index (κ1) is 14.4. The molecule has 0 bridgehead atoms. The molecule has 1 fully saturated rings. The lowest BCUT2D eigenvalue weighted by Gasteiger charge is -2.33. The zero-order valence-electron chi connectivity index (χ0n) is 10.2. The number of carbonyl (C=O) groups excluding carboxylic acids is 1. The number of alkyl halides is 3. The summed E-state index contributed by atoms with van der Waals surface area (Å²) >= 11 is 2.85. The van der Waals surface area contributed by atoms with Crippen molar-refractivity contribution in [3.63, 3.8) is 0 Å². The summed E-state index contributed by atoms with van der Waals surface area (Å²) in [5, 5.41) is 2.74. The SMILES string of the molecule is CC1CC(NC(=O)c2ccc(Br)c(C(F)(F)F)c2)C1. The van der Waals surface area contributed by atoms with Crippen LogP contribution in [0.5, 0.6) is 0 Å². The highest BCUT2D eigenvalue weighted by Crippen LogP contribution is 2.35. The molecule has 104 valence electrons. The normalized spacial score (nSPS) is 22.8. The monoisotopic (exact) mass is 335 g/mol. The van der Waals surface area contributed by atoms with Gasteiger partial charge in [-0.15, -0.1) is 0 Å². The van der Waals surface area contributed by atoms with E-state index in [0.29, 0.717) is 5.92 Å². The molecule has 0 saturated heterocycles. The molecule has 1 amide bonds. The first-order chi connectivity index (χ1) is 8.77. The molecule has 1 aromatic carbocycles. The van der Waals surface area contributed by atoms with Crippen LogP contribution < -0.4 is 5.32 Å². The van der Waals surface area contributed by atoms with Crippen molar-refractivity contribution < 1.29 is 18.0 Å². The first-order valence-electron chi connectivity index (χ1n) is 5.95. The molecule has 0 aromatic heterocycles. The molecule has 2 rings (SSSR count). The number of amides is 1. The number of hydrogen-bond donors (Lipinski definition) is 1. The molecule has 0 atom stereocenters. The minimum atomic E-state index is -4.47. The second kappa shape index (κ2) is 5.15. The Morgan fingerprint density at radius 2 is 2.00 bits per heavy atom. The lowest BCUT2D eigenvalue weighted by molar-refractivity contribution is -0.138. The summed E-state index contributed by atoms with van der Waals surface area (Å²) in [4.78, 5) is 11.9. The van der Waals surface area contributed by atoms with Crippen molar-refractivity contribution in [2.24, 2.45) is 5.92 Å². The van der Waals surface area contributed by atoms with Gasteiger partial charge < -0.3 is 5.32 Å². The Bertz CT molecular complexity index is 495. The van der Waals surface area contributed by atoms with Gasteiger partial charge in [-0.05, 0) is 37.0 Å². The van der Waals surface area contributed by atoms with Crippen LogP contribution in [-0.4, -0.2) is 11.9 Å². The van der Waals surface area contributed by atoms with Crippen LogP contribution in [0.3, 0.4) is 0 Å². The summed E-state index contributed by atoms with van der Waals surface area (Å²) in [7, 11) is 0. The fraction of sp³-hybridized carbons (Fsp3) is 0.462. The maximum Gasteiger partial charge on any atom is 0.417 e. The Morgan fingerprint density at radius 3 is 2.53 bits per heavy atom. The van der Waals surface area contributed by atoms with Crippen LogP contribution in [0.15, 0.2) is 22.7 Å². The van der Waals surface area contributed by atoms with Gasteiger partial charge >= 0.3 is 6.18 Å². The van der Waals surface area contributed by atoms with E-state index in [-0.39, 0.29) is 16.1 Å². The van der Waals surface area contributed by atoms with E-state index in [4.69, 9.17) is 0 Å². The standard InChI is InChI=1S/C13H13BrF3NO/c1-7-4-9(5-7)18-12(19)8-2-3-11(14)10(6-8)13(15,16)17/h2-3,6-7,9H,4-5H2,1H3,(H,18,19). The van der Waals surface area contributed by atoms with Crippen molar-refractivity contribution in [2.45, 2.75) is 32.0 Å². The molecule has 0 spiro atoms. The number of halogens is 4. The molecule has 1 N–H and O–H groups in total. The van der Waals surface area contributed by atoms with Crippen LogP contribution in [0.4, 0.5) is 13.2 Å². The van der Waals surface area contributed by atoms with Crippen LogP contribution in [-0.2, 0) is 6.18 Å². The Kier molecular flexibility index (Phi) is 3.90. The third-order valence-corrected chi connectivity index (χ3v) is 3.93. The van der Waals surface area contributed by atoms with Crippen molar-refractivity contribution in [1.82, 2.24) is 5.32 Å². The summed E-state index contributed by atoms with van der Waals surface area (Å²) < 4.78 is 38.1. The minimum absolute atomic E-state index is 0.0371. The topological polar surface area (TPSA) is 29.1 Å². The van der Waals surface area contributed by atoms with E-state index < -0.39 is 17.6 Å². The van der Waals surface area contributed by atoms with Crippen LogP contribution in [0.25, 0.3) is 0 Å². The summed E-state index contributed by atoms with van der Waals surface area (Å²) in [6.45, 7) is 2.07. The predicted molar refractivity (Wildman–Crippen MR) is 68.8 cm³/mol. The molecule has 6 heteroatoms. The summed E-state index contributed by atoms with van der Waals surface area (Å²) in [5.74, 6) is 0.121. The molecule has 1 aromatic rings. The van der Waals surface area contributed by atoms with E-state index >= 15 is 0 Å². The Balaban J connectivity index is 2.14. The third kappa shape index (κ3) is 3.29. The number of hydrogen-bond acceptors (Lipinski definition) is 1. The summed E-state index contributed by atoms with van der Waals surface area (Å²) in [5.41, 5.74) is -0.794. The lowest BCUT2D eigenvalue weighted by atomic mass is 9.82. The van der Waals surface area contributed by atoms with E-state index in [9.17, 15) is 18.0 Å². The van der Waals surface area contributed by atoms with Crippen molar-refractivity contribution >= 4 is 21.8 Å². The smallest absolute Gasteiger partial charge is 0.349 e. The molecule has 0 aliphatic heterocycles. The predicted octanol–water partition coefficient (Wildman–Crippen LogP) is 4.00. The number of nitrogens with one attached hydrogen (secondary N) is 1. The summed E-state index contributed by atoms with van der Waals surface area (Å²) in [6, 6.07) is 3.60. The van der Waals surface area contributed by atoms with Crippen LogP contribution in [0, 0.1) is 5.92 Å². The zero-order valence-corrected chi connectivity index (χ0v) is 11.8. The molecule has 1 aliphatic carbocycles. The van der Waals surface area contributed by atoms with Gasteiger partial charge in [0.2, 0.25) is 0 Å².